The van der Waals surface area contributed by atoms with E-state index in [0.717, 1.165) is 22.2 Å². The predicted octanol–water partition coefficient (Wildman–Crippen LogP) is 2.80. The molecule has 4 heteroatoms. The Kier molecular flexibility index (Phi) is 4.44. The maximum atomic E-state index is 12.2. The summed E-state index contributed by atoms with van der Waals surface area (Å²) >= 11 is 0. The van der Waals surface area contributed by atoms with Gasteiger partial charge in [-0.2, -0.15) is 0 Å². The van der Waals surface area contributed by atoms with Crippen LogP contribution in [-0.4, -0.2) is 22.1 Å². The lowest BCUT2D eigenvalue weighted by Crippen LogP contribution is -2.31. The van der Waals surface area contributed by atoms with E-state index in [0.29, 0.717) is 0 Å². The normalized spacial score (nSPS) is 12.3. The van der Waals surface area contributed by atoms with Crippen LogP contribution in [0.15, 0.2) is 60.7 Å². The molecular weight excluding hydrogens is 288 g/mol. The SMILES string of the molecule is Cc1cc2ccccc2n1CC(=O)NC[C@H](O)c1ccccc1. The molecule has 118 valence electrons. The first-order valence-corrected chi connectivity index (χ1v) is 7.70. The first kappa shape index (κ1) is 15.3. The van der Waals surface area contributed by atoms with Crippen LogP contribution in [-0.2, 0) is 11.3 Å². The molecule has 23 heavy (non-hydrogen) atoms. The zero-order valence-corrected chi connectivity index (χ0v) is 13.1. The van der Waals surface area contributed by atoms with E-state index in [2.05, 4.69) is 11.4 Å². The number of aryl methyl sites for hydroxylation is 1. The Balaban J connectivity index is 1.64. The Labute approximate surface area is 135 Å². The molecule has 0 spiro atoms. The Bertz CT molecular complexity index is 809. The largest absolute Gasteiger partial charge is 0.387 e. The van der Waals surface area contributed by atoms with Crippen LogP contribution in [0.1, 0.15) is 17.4 Å². The molecule has 1 aromatic heterocycles. The second-order valence-electron chi connectivity index (χ2n) is 5.66. The van der Waals surface area contributed by atoms with E-state index in [-0.39, 0.29) is 19.0 Å². The number of aromatic nitrogens is 1. The number of nitrogens with one attached hydrogen (secondary N) is 1. The molecule has 0 radical (unpaired) electrons. The first-order chi connectivity index (χ1) is 11.1. The van der Waals surface area contributed by atoms with Crippen molar-refractivity contribution in [2.24, 2.45) is 0 Å². The van der Waals surface area contributed by atoms with Crippen molar-refractivity contribution in [1.29, 1.82) is 0 Å². The molecule has 0 saturated heterocycles. The van der Waals surface area contributed by atoms with E-state index in [1.807, 2.05) is 66.1 Å². The monoisotopic (exact) mass is 308 g/mol. The van der Waals surface area contributed by atoms with Gasteiger partial charge in [-0.05, 0) is 30.0 Å². The molecule has 0 unspecified atom stereocenters. The highest BCUT2D eigenvalue weighted by Gasteiger charge is 2.12. The smallest absolute Gasteiger partial charge is 0.240 e. The number of carbonyl (C=O) groups is 1. The molecule has 1 heterocycles. The van der Waals surface area contributed by atoms with Gasteiger partial charge >= 0.3 is 0 Å². The van der Waals surface area contributed by atoms with Crippen LogP contribution in [0.5, 0.6) is 0 Å². The summed E-state index contributed by atoms with van der Waals surface area (Å²) in [5.74, 6) is -0.107. The molecule has 0 fully saturated rings. The first-order valence-electron chi connectivity index (χ1n) is 7.70. The third-order valence-electron chi connectivity index (χ3n) is 4.00. The van der Waals surface area contributed by atoms with Crippen molar-refractivity contribution in [2.75, 3.05) is 6.54 Å². The van der Waals surface area contributed by atoms with Gasteiger partial charge in [0.1, 0.15) is 6.54 Å². The van der Waals surface area contributed by atoms with Gasteiger partial charge < -0.3 is 15.0 Å². The molecule has 0 saturated carbocycles. The predicted molar refractivity (Wildman–Crippen MR) is 91.1 cm³/mol. The van der Waals surface area contributed by atoms with Crippen molar-refractivity contribution in [3.05, 3.63) is 71.9 Å². The molecule has 3 rings (SSSR count). The molecule has 2 N–H and O–H groups in total. The lowest BCUT2D eigenvalue weighted by Gasteiger charge is -2.13. The zero-order chi connectivity index (χ0) is 16.2. The number of para-hydroxylation sites is 1. The number of amides is 1. The minimum atomic E-state index is -0.692. The molecule has 0 aliphatic rings. The van der Waals surface area contributed by atoms with Crippen molar-refractivity contribution in [3.8, 4) is 0 Å². The quantitative estimate of drug-likeness (QED) is 0.761. The molecule has 0 aliphatic heterocycles. The molecule has 1 atom stereocenters. The van der Waals surface area contributed by atoms with Crippen molar-refractivity contribution in [3.63, 3.8) is 0 Å². The summed E-state index contributed by atoms with van der Waals surface area (Å²) in [6, 6.07) is 19.4. The number of nitrogens with zero attached hydrogens (tertiary/aromatic N) is 1. The number of aliphatic hydroxyl groups is 1. The number of carbonyl (C=O) groups excluding carboxylic acids is 1. The fourth-order valence-electron chi connectivity index (χ4n) is 2.76. The van der Waals surface area contributed by atoms with Gasteiger partial charge in [0.15, 0.2) is 0 Å². The second kappa shape index (κ2) is 6.67. The number of hydrogen-bond donors (Lipinski definition) is 2. The summed E-state index contributed by atoms with van der Waals surface area (Å²) < 4.78 is 1.99. The van der Waals surface area contributed by atoms with E-state index in [1.165, 1.54) is 0 Å². The highest BCUT2D eigenvalue weighted by atomic mass is 16.3. The highest BCUT2D eigenvalue weighted by molar-refractivity contribution is 5.84. The molecule has 3 aromatic rings. The standard InChI is InChI=1S/C19H20N2O2/c1-14-11-16-9-5-6-10-17(16)21(14)13-19(23)20-12-18(22)15-7-3-2-4-8-15/h2-11,18,22H,12-13H2,1H3,(H,20,23)/t18-/m0/s1. The van der Waals surface area contributed by atoms with Crippen LogP contribution in [0.2, 0.25) is 0 Å². The van der Waals surface area contributed by atoms with Gasteiger partial charge in [-0.25, -0.2) is 0 Å². The number of rotatable bonds is 5. The minimum Gasteiger partial charge on any atom is -0.387 e. The van der Waals surface area contributed by atoms with Gasteiger partial charge in [-0.3, -0.25) is 4.79 Å². The van der Waals surface area contributed by atoms with Gasteiger partial charge in [-0.15, -0.1) is 0 Å². The summed E-state index contributed by atoms with van der Waals surface area (Å²) in [7, 11) is 0. The van der Waals surface area contributed by atoms with E-state index < -0.39 is 6.10 Å². The Morgan fingerprint density at radius 3 is 2.61 bits per heavy atom. The Morgan fingerprint density at radius 2 is 1.83 bits per heavy atom. The summed E-state index contributed by atoms with van der Waals surface area (Å²) in [4.78, 5) is 12.2. The van der Waals surface area contributed by atoms with Crippen molar-refractivity contribution in [2.45, 2.75) is 19.6 Å². The summed E-state index contributed by atoms with van der Waals surface area (Å²) in [6.07, 6.45) is -0.692. The van der Waals surface area contributed by atoms with Crippen molar-refractivity contribution in [1.82, 2.24) is 9.88 Å². The average Bonchev–Trinajstić information content (AvgIpc) is 2.89. The summed E-state index contributed by atoms with van der Waals surface area (Å²) in [5, 5.41) is 14.0. The molecule has 2 aromatic carbocycles. The van der Waals surface area contributed by atoms with Crippen LogP contribution < -0.4 is 5.32 Å². The number of aliphatic hydroxyl groups excluding tert-OH is 1. The summed E-state index contributed by atoms with van der Waals surface area (Å²) in [5.41, 5.74) is 2.89. The molecule has 4 nitrogen and oxygen atoms in total. The number of hydrogen-bond acceptors (Lipinski definition) is 2. The molecule has 0 aliphatic carbocycles. The molecule has 1 amide bonds. The lowest BCUT2D eigenvalue weighted by atomic mass is 10.1. The molecule has 0 bridgehead atoms. The van der Waals surface area contributed by atoms with E-state index in [1.54, 1.807) is 0 Å². The average molecular weight is 308 g/mol. The fourth-order valence-corrected chi connectivity index (χ4v) is 2.76. The van der Waals surface area contributed by atoms with Crippen LogP contribution in [0, 0.1) is 6.92 Å². The molecular formula is C19H20N2O2. The van der Waals surface area contributed by atoms with Gasteiger partial charge in [0.2, 0.25) is 5.91 Å². The third-order valence-corrected chi connectivity index (χ3v) is 4.00. The fraction of sp³-hybridized carbons (Fsp3) is 0.211. The van der Waals surface area contributed by atoms with E-state index in [4.69, 9.17) is 0 Å². The number of fused-ring (bicyclic) bond motifs is 1. The van der Waals surface area contributed by atoms with Crippen molar-refractivity contribution >= 4 is 16.8 Å². The van der Waals surface area contributed by atoms with E-state index in [9.17, 15) is 9.90 Å². The summed E-state index contributed by atoms with van der Waals surface area (Å²) in [6.45, 7) is 2.45. The van der Waals surface area contributed by atoms with Crippen molar-refractivity contribution < 1.29 is 9.90 Å². The van der Waals surface area contributed by atoms with Crippen LogP contribution in [0.25, 0.3) is 10.9 Å². The lowest BCUT2D eigenvalue weighted by molar-refractivity contribution is -0.122. The zero-order valence-electron chi connectivity index (χ0n) is 13.1. The third kappa shape index (κ3) is 3.43. The van der Waals surface area contributed by atoms with Gasteiger partial charge in [-0.1, -0.05) is 48.5 Å². The Hall–Kier alpha value is -2.59. The second-order valence-corrected chi connectivity index (χ2v) is 5.66. The highest BCUT2D eigenvalue weighted by Crippen LogP contribution is 2.19. The number of benzene rings is 2. The van der Waals surface area contributed by atoms with Gasteiger partial charge in [0.25, 0.3) is 0 Å². The van der Waals surface area contributed by atoms with Gasteiger partial charge in [0, 0.05) is 17.8 Å². The minimum absolute atomic E-state index is 0.107. The maximum Gasteiger partial charge on any atom is 0.240 e. The van der Waals surface area contributed by atoms with E-state index >= 15 is 0 Å². The Morgan fingerprint density at radius 1 is 1.13 bits per heavy atom. The van der Waals surface area contributed by atoms with Crippen LogP contribution in [0.4, 0.5) is 0 Å². The maximum absolute atomic E-state index is 12.2. The topological polar surface area (TPSA) is 54.3 Å². The van der Waals surface area contributed by atoms with Crippen LogP contribution in [0.3, 0.4) is 0 Å². The van der Waals surface area contributed by atoms with Crippen LogP contribution >= 0.6 is 0 Å². The van der Waals surface area contributed by atoms with Gasteiger partial charge in [0.05, 0.1) is 6.10 Å².